The minimum atomic E-state index is -0.962. The number of hydrogen-bond donors (Lipinski definition) is 1. The van der Waals surface area contributed by atoms with Crippen LogP contribution in [-0.4, -0.2) is 26.1 Å². The smallest absolute Gasteiger partial charge is 0.336 e. The summed E-state index contributed by atoms with van der Waals surface area (Å²) >= 11 is 0. The predicted molar refractivity (Wildman–Crippen MR) is 132 cm³/mol. The van der Waals surface area contributed by atoms with Crippen LogP contribution in [0, 0.1) is 5.92 Å². The second kappa shape index (κ2) is 10.7. The molecular weight excluding hydrogens is 428 g/mol. The first-order valence-electron chi connectivity index (χ1n) is 12.3. The van der Waals surface area contributed by atoms with Crippen LogP contribution in [-0.2, 0) is 13.0 Å². The topological polar surface area (TPSA) is 81.3 Å². The van der Waals surface area contributed by atoms with E-state index in [9.17, 15) is 19.5 Å². The number of hydrogen-bond acceptors (Lipinski definition) is 3. The van der Waals surface area contributed by atoms with Crippen LogP contribution < -0.4 is 5.69 Å². The molecule has 1 aromatic heterocycles. The van der Waals surface area contributed by atoms with E-state index in [0.717, 1.165) is 68.2 Å². The summed E-state index contributed by atoms with van der Waals surface area (Å²) in [6.07, 6.45) is 9.44. The van der Waals surface area contributed by atoms with Crippen molar-refractivity contribution in [3.05, 3.63) is 82.0 Å². The van der Waals surface area contributed by atoms with Gasteiger partial charge in [-0.1, -0.05) is 75.1 Å². The predicted octanol–water partition coefficient (Wildman–Crippen LogP) is 5.63. The molecule has 0 bridgehead atoms. The van der Waals surface area contributed by atoms with Gasteiger partial charge in [0.15, 0.2) is 0 Å². The molecule has 0 saturated heterocycles. The first-order chi connectivity index (χ1) is 16.5. The number of rotatable bonds is 8. The van der Waals surface area contributed by atoms with Gasteiger partial charge in [-0.3, -0.25) is 9.36 Å². The van der Waals surface area contributed by atoms with Gasteiger partial charge in [-0.2, -0.15) is 0 Å². The van der Waals surface area contributed by atoms with E-state index in [0.29, 0.717) is 12.1 Å². The largest absolute Gasteiger partial charge is 0.478 e. The molecule has 1 fully saturated rings. The number of benzene rings is 2. The first-order valence-corrected chi connectivity index (χ1v) is 12.3. The number of nitrogens with zero attached hydrogens (tertiary/aromatic N) is 2. The van der Waals surface area contributed by atoms with Crippen LogP contribution in [0.2, 0.25) is 0 Å². The molecule has 1 aliphatic carbocycles. The molecule has 178 valence electrons. The van der Waals surface area contributed by atoms with E-state index >= 15 is 0 Å². The molecule has 0 amide bonds. The molecular formula is C28H32N2O4. The van der Waals surface area contributed by atoms with Crippen LogP contribution in [0.15, 0.2) is 59.5 Å². The summed E-state index contributed by atoms with van der Waals surface area (Å²) in [7, 11) is 0. The molecule has 2 aromatic carbocycles. The van der Waals surface area contributed by atoms with Gasteiger partial charge < -0.3 is 5.11 Å². The number of aromatic nitrogens is 2. The zero-order chi connectivity index (χ0) is 24.1. The van der Waals surface area contributed by atoms with Gasteiger partial charge in [0, 0.05) is 17.8 Å². The maximum absolute atomic E-state index is 13.3. The lowest BCUT2D eigenvalue weighted by Gasteiger charge is -2.19. The summed E-state index contributed by atoms with van der Waals surface area (Å²) in [6.45, 7) is 2.49. The van der Waals surface area contributed by atoms with Crippen molar-refractivity contribution in [2.75, 3.05) is 0 Å². The molecule has 1 aliphatic rings. The summed E-state index contributed by atoms with van der Waals surface area (Å²) in [6, 6.07) is 14.5. The van der Waals surface area contributed by atoms with Crippen molar-refractivity contribution in [1.29, 1.82) is 0 Å². The zero-order valence-corrected chi connectivity index (χ0v) is 19.7. The van der Waals surface area contributed by atoms with Crippen LogP contribution in [0.1, 0.15) is 78.3 Å². The Bertz CT molecular complexity index is 1210. The summed E-state index contributed by atoms with van der Waals surface area (Å²) in [4.78, 5) is 38.0. The zero-order valence-electron chi connectivity index (χ0n) is 19.7. The highest BCUT2D eigenvalue weighted by molar-refractivity contribution is 5.96. The molecule has 1 heterocycles. The lowest BCUT2D eigenvalue weighted by atomic mass is 9.88. The maximum atomic E-state index is 13.3. The van der Waals surface area contributed by atoms with Crippen molar-refractivity contribution < 1.29 is 14.7 Å². The average molecular weight is 461 g/mol. The molecule has 0 radical (unpaired) electrons. The minimum Gasteiger partial charge on any atom is -0.478 e. The van der Waals surface area contributed by atoms with Crippen LogP contribution in [0.5, 0.6) is 0 Å². The maximum Gasteiger partial charge on any atom is 0.336 e. The Labute approximate surface area is 199 Å². The van der Waals surface area contributed by atoms with Gasteiger partial charge in [0.25, 0.3) is 0 Å². The molecule has 4 rings (SSSR count). The van der Waals surface area contributed by atoms with Crippen LogP contribution >= 0.6 is 0 Å². The third kappa shape index (κ3) is 5.06. The van der Waals surface area contributed by atoms with E-state index in [4.69, 9.17) is 0 Å². The summed E-state index contributed by atoms with van der Waals surface area (Å²) in [5.74, 6) is -1.09. The Morgan fingerprint density at radius 3 is 2.38 bits per heavy atom. The number of carboxylic acids is 1. The number of carbonyl (C=O) groups excluding carboxylic acids is 1. The lowest BCUT2D eigenvalue weighted by molar-refractivity contribution is 0.0697. The van der Waals surface area contributed by atoms with Gasteiger partial charge in [0.05, 0.1) is 12.1 Å². The highest BCUT2D eigenvalue weighted by atomic mass is 16.4. The van der Waals surface area contributed by atoms with E-state index in [1.165, 1.54) is 4.57 Å². The minimum absolute atomic E-state index is 0.0603. The van der Waals surface area contributed by atoms with Gasteiger partial charge in [0.1, 0.15) is 0 Å². The van der Waals surface area contributed by atoms with Crippen molar-refractivity contribution in [2.45, 2.75) is 64.8 Å². The van der Waals surface area contributed by atoms with Crippen molar-refractivity contribution in [3.8, 4) is 11.1 Å². The third-order valence-electron chi connectivity index (χ3n) is 6.80. The monoisotopic (exact) mass is 460 g/mol. The molecule has 0 atom stereocenters. The fourth-order valence-electron chi connectivity index (χ4n) is 4.85. The molecule has 0 unspecified atom stereocenters. The van der Waals surface area contributed by atoms with Crippen molar-refractivity contribution in [1.82, 2.24) is 9.13 Å². The van der Waals surface area contributed by atoms with Crippen molar-refractivity contribution in [3.63, 3.8) is 0 Å². The quantitative estimate of drug-likeness (QED) is 0.473. The lowest BCUT2D eigenvalue weighted by Crippen LogP contribution is -2.34. The Hall–Kier alpha value is -3.41. The number of aromatic carboxylic acids is 1. The molecule has 6 heteroatoms. The molecule has 34 heavy (non-hydrogen) atoms. The van der Waals surface area contributed by atoms with Crippen molar-refractivity contribution in [2.24, 2.45) is 5.92 Å². The Morgan fingerprint density at radius 2 is 1.71 bits per heavy atom. The normalized spacial score (nSPS) is 14.3. The van der Waals surface area contributed by atoms with Gasteiger partial charge in [-0.05, 0) is 48.4 Å². The third-order valence-corrected chi connectivity index (χ3v) is 6.80. The van der Waals surface area contributed by atoms with Gasteiger partial charge in [-0.25, -0.2) is 14.2 Å². The Morgan fingerprint density at radius 1 is 1.00 bits per heavy atom. The fourth-order valence-corrected chi connectivity index (χ4v) is 4.85. The molecule has 1 saturated carbocycles. The van der Waals surface area contributed by atoms with Crippen molar-refractivity contribution >= 4 is 11.9 Å². The number of carbonyl (C=O) groups is 2. The molecule has 0 spiro atoms. The molecule has 6 nitrogen and oxygen atoms in total. The Kier molecular flexibility index (Phi) is 7.46. The highest BCUT2D eigenvalue weighted by Gasteiger charge is 2.25. The number of imidazole rings is 1. The van der Waals surface area contributed by atoms with Crippen LogP contribution in [0.4, 0.5) is 0 Å². The first kappa shape index (κ1) is 23.7. The second-order valence-corrected chi connectivity index (χ2v) is 9.18. The number of carboxylic acid groups (broad SMARTS) is 1. The van der Waals surface area contributed by atoms with E-state index in [1.807, 2.05) is 30.3 Å². The second-order valence-electron chi connectivity index (χ2n) is 9.18. The van der Waals surface area contributed by atoms with E-state index in [1.54, 1.807) is 29.0 Å². The fraction of sp³-hybridized carbons (Fsp3) is 0.393. The van der Waals surface area contributed by atoms with Crippen LogP contribution in [0.3, 0.4) is 0 Å². The van der Waals surface area contributed by atoms with E-state index in [2.05, 4.69) is 6.92 Å². The Balaban J connectivity index is 1.61. The highest BCUT2D eigenvalue weighted by Crippen LogP contribution is 2.26. The van der Waals surface area contributed by atoms with Gasteiger partial charge in [-0.15, -0.1) is 0 Å². The van der Waals surface area contributed by atoms with Crippen LogP contribution in [0.25, 0.3) is 11.1 Å². The molecule has 0 aliphatic heterocycles. The van der Waals surface area contributed by atoms with E-state index in [-0.39, 0.29) is 23.1 Å². The molecule has 3 aromatic rings. The summed E-state index contributed by atoms with van der Waals surface area (Å²) in [5.41, 5.74) is 3.28. The van der Waals surface area contributed by atoms with Gasteiger partial charge in [0.2, 0.25) is 5.91 Å². The SMILES string of the molecule is CCCCc1cn(C(=O)C2CCCCC2)c(=O)n1Cc1ccc(-c2ccccc2C(=O)O)cc1. The summed E-state index contributed by atoms with van der Waals surface area (Å²) in [5, 5.41) is 9.48. The number of aryl methyl sites for hydroxylation is 1. The number of unbranched alkanes of at least 4 members (excludes halogenated alkanes) is 1. The van der Waals surface area contributed by atoms with Gasteiger partial charge >= 0.3 is 11.7 Å². The van der Waals surface area contributed by atoms with E-state index < -0.39 is 5.97 Å². The average Bonchev–Trinajstić information content (AvgIpc) is 3.18. The standard InChI is InChI=1S/C28H32N2O4/c1-2-3-11-23-19-30(26(31)22-9-5-4-6-10-22)28(34)29(23)18-20-14-16-21(17-15-20)24-12-7-8-13-25(24)27(32)33/h7-8,12-17,19,22H,2-6,9-11,18H2,1H3,(H,32,33). The molecule has 1 N–H and O–H groups in total. The summed E-state index contributed by atoms with van der Waals surface area (Å²) < 4.78 is 3.06.